The van der Waals surface area contributed by atoms with E-state index in [9.17, 15) is 27.9 Å². The van der Waals surface area contributed by atoms with Crippen LogP contribution in [0.1, 0.15) is 20.3 Å². The van der Waals surface area contributed by atoms with Crippen molar-refractivity contribution in [1.29, 1.82) is 0 Å². The topological polar surface area (TPSA) is 91.5 Å². The van der Waals surface area contributed by atoms with Gasteiger partial charge in [-0.1, -0.05) is 0 Å². The standard InChI is InChI=1S/C16H22F3N5O3S/c1-8-9(28-13(21-8)15(2,27)16(17,18)19)5-6-24-12(25)10-11(20-7-22(10)3)23(4)14(24)26/h13,20-21,27H,5-7H2,1-4H3. The Labute approximate surface area is 163 Å². The number of alkyl halides is 3. The van der Waals surface area contributed by atoms with E-state index in [1.54, 1.807) is 25.9 Å². The van der Waals surface area contributed by atoms with E-state index in [0.717, 1.165) is 23.3 Å². The molecule has 0 saturated heterocycles. The van der Waals surface area contributed by atoms with E-state index in [1.165, 1.54) is 4.57 Å². The normalized spacial score (nSPS) is 21.4. The molecule has 12 heteroatoms. The molecule has 28 heavy (non-hydrogen) atoms. The average Bonchev–Trinajstić information content (AvgIpc) is 3.15. The summed E-state index contributed by atoms with van der Waals surface area (Å²) in [4.78, 5) is 27.5. The Morgan fingerprint density at radius 1 is 1.29 bits per heavy atom. The minimum absolute atomic E-state index is 0.0227. The molecule has 2 aliphatic heterocycles. The van der Waals surface area contributed by atoms with Gasteiger partial charge in [-0.25, -0.2) is 4.79 Å². The molecule has 0 amide bonds. The fourth-order valence-corrected chi connectivity index (χ4v) is 4.50. The van der Waals surface area contributed by atoms with Crippen LogP contribution in [-0.2, 0) is 13.6 Å². The maximum absolute atomic E-state index is 13.1. The third-order valence-electron chi connectivity index (χ3n) is 5.06. The highest BCUT2D eigenvalue weighted by atomic mass is 32.2. The van der Waals surface area contributed by atoms with Crippen LogP contribution in [0.5, 0.6) is 0 Å². The molecule has 3 rings (SSSR count). The zero-order valence-corrected chi connectivity index (χ0v) is 16.7. The number of fused-ring (bicyclic) bond motifs is 1. The van der Waals surface area contributed by atoms with E-state index in [4.69, 9.17) is 0 Å². The zero-order chi connectivity index (χ0) is 21.0. The van der Waals surface area contributed by atoms with Gasteiger partial charge >= 0.3 is 11.9 Å². The van der Waals surface area contributed by atoms with Crippen LogP contribution in [0.3, 0.4) is 0 Å². The number of nitrogens with one attached hydrogen (secondary N) is 2. The van der Waals surface area contributed by atoms with Crippen molar-refractivity contribution in [2.75, 3.05) is 23.9 Å². The summed E-state index contributed by atoms with van der Waals surface area (Å²) in [7, 11) is 3.28. The van der Waals surface area contributed by atoms with E-state index in [2.05, 4.69) is 10.6 Å². The number of thioether (sulfide) groups is 1. The molecule has 2 aliphatic rings. The third-order valence-corrected chi connectivity index (χ3v) is 6.67. The van der Waals surface area contributed by atoms with Gasteiger partial charge in [0.1, 0.15) is 16.9 Å². The molecule has 0 radical (unpaired) electrons. The summed E-state index contributed by atoms with van der Waals surface area (Å²) < 4.78 is 41.7. The largest absolute Gasteiger partial charge is 0.419 e. The molecule has 0 spiro atoms. The van der Waals surface area contributed by atoms with Gasteiger partial charge < -0.3 is 20.6 Å². The van der Waals surface area contributed by atoms with Crippen molar-refractivity contribution in [2.45, 2.75) is 44.0 Å². The fraction of sp³-hybridized carbons (Fsp3) is 0.625. The van der Waals surface area contributed by atoms with Crippen molar-refractivity contribution >= 4 is 23.3 Å². The first-order valence-corrected chi connectivity index (χ1v) is 9.45. The van der Waals surface area contributed by atoms with Crippen LogP contribution in [0.25, 0.3) is 0 Å². The van der Waals surface area contributed by atoms with Gasteiger partial charge in [0.05, 0.1) is 6.67 Å². The van der Waals surface area contributed by atoms with Gasteiger partial charge in [0.15, 0.2) is 5.60 Å². The molecule has 156 valence electrons. The molecule has 2 atom stereocenters. The van der Waals surface area contributed by atoms with E-state index in [1.807, 2.05) is 0 Å². The smallest absolute Gasteiger partial charge is 0.378 e. The van der Waals surface area contributed by atoms with Crippen molar-refractivity contribution in [1.82, 2.24) is 14.5 Å². The monoisotopic (exact) mass is 421 g/mol. The van der Waals surface area contributed by atoms with Gasteiger partial charge in [0.2, 0.25) is 0 Å². The Hall–Kier alpha value is -2.08. The van der Waals surface area contributed by atoms with Crippen molar-refractivity contribution in [3.63, 3.8) is 0 Å². The van der Waals surface area contributed by atoms with Crippen LogP contribution in [0.2, 0.25) is 0 Å². The number of aromatic nitrogens is 2. The SMILES string of the molecule is CC1=C(CCn2c(=O)c3c(n(C)c2=O)NCN3C)SC(C(C)(O)C(F)(F)F)N1. The van der Waals surface area contributed by atoms with Crippen molar-refractivity contribution < 1.29 is 18.3 Å². The predicted octanol–water partition coefficient (Wildman–Crippen LogP) is 0.964. The molecule has 0 aromatic carbocycles. The quantitative estimate of drug-likeness (QED) is 0.667. The maximum Gasteiger partial charge on any atom is 0.419 e. The summed E-state index contributed by atoms with van der Waals surface area (Å²) in [6.07, 6.45) is -4.60. The Morgan fingerprint density at radius 3 is 2.54 bits per heavy atom. The van der Waals surface area contributed by atoms with Crippen LogP contribution in [-0.4, -0.2) is 45.1 Å². The summed E-state index contributed by atoms with van der Waals surface area (Å²) >= 11 is 0.865. The first-order chi connectivity index (χ1) is 12.9. The number of nitrogens with zero attached hydrogens (tertiary/aromatic N) is 3. The molecule has 0 fully saturated rings. The molecule has 1 aromatic heterocycles. The lowest BCUT2D eigenvalue weighted by Crippen LogP contribution is -2.54. The minimum atomic E-state index is -4.79. The number of aliphatic hydroxyl groups is 1. The van der Waals surface area contributed by atoms with Gasteiger partial charge in [0.25, 0.3) is 5.56 Å². The van der Waals surface area contributed by atoms with Gasteiger partial charge in [0, 0.05) is 31.2 Å². The molecule has 3 N–H and O–H groups in total. The fourth-order valence-electron chi connectivity index (χ4n) is 3.17. The molecule has 2 unspecified atom stereocenters. The number of rotatable bonds is 4. The molecule has 3 heterocycles. The lowest BCUT2D eigenvalue weighted by atomic mass is 10.1. The number of allylic oxidation sites excluding steroid dienone is 2. The van der Waals surface area contributed by atoms with Crippen LogP contribution in [0.15, 0.2) is 20.2 Å². The molecule has 0 saturated carbocycles. The Bertz CT molecular complexity index is 951. The zero-order valence-electron chi connectivity index (χ0n) is 15.8. The van der Waals surface area contributed by atoms with E-state index in [-0.39, 0.29) is 13.0 Å². The maximum atomic E-state index is 13.1. The van der Waals surface area contributed by atoms with Crippen molar-refractivity contribution in [3.05, 3.63) is 31.4 Å². The Kier molecular flexibility index (Phi) is 4.99. The van der Waals surface area contributed by atoms with Crippen LogP contribution in [0, 0.1) is 0 Å². The first-order valence-electron chi connectivity index (χ1n) is 8.57. The van der Waals surface area contributed by atoms with Crippen molar-refractivity contribution in [2.24, 2.45) is 7.05 Å². The Morgan fingerprint density at radius 2 is 1.93 bits per heavy atom. The van der Waals surface area contributed by atoms with Gasteiger partial charge in [-0.3, -0.25) is 13.9 Å². The highest BCUT2D eigenvalue weighted by molar-refractivity contribution is 8.04. The molecule has 1 aromatic rings. The second kappa shape index (κ2) is 6.76. The Balaban J connectivity index is 1.82. The summed E-state index contributed by atoms with van der Waals surface area (Å²) in [5.41, 5.74) is -3.00. The summed E-state index contributed by atoms with van der Waals surface area (Å²) in [5.74, 6) is 0.447. The number of hydrogen-bond acceptors (Lipinski definition) is 7. The van der Waals surface area contributed by atoms with Crippen LogP contribution >= 0.6 is 11.8 Å². The highest BCUT2D eigenvalue weighted by Crippen LogP contribution is 2.44. The third kappa shape index (κ3) is 3.17. The second-order valence-corrected chi connectivity index (χ2v) is 8.31. The second-order valence-electron chi connectivity index (χ2n) is 7.11. The lowest BCUT2D eigenvalue weighted by Gasteiger charge is -2.32. The van der Waals surface area contributed by atoms with E-state index in [0.29, 0.717) is 28.8 Å². The van der Waals surface area contributed by atoms with Gasteiger partial charge in [-0.05, 0) is 20.3 Å². The molecule has 8 nitrogen and oxygen atoms in total. The van der Waals surface area contributed by atoms with E-state index >= 15 is 0 Å². The number of anilines is 2. The van der Waals surface area contributed by atoms with E-state index < -0.39 is 28.4 Å². The summed E-state index contributed by atoms with van der Waals surface area (Å²) in [5, 5.41) is 14.2. The van der Waals surface area contributed by atoms with Crippen LogP contribution in [0.4, 0.5) is 24.7 Å². The minimum Gasteiger partial charge on any atom is -0.378 e. The van der Waals surface area contributed by atoms with Gasteiger partial charge in [-0.15, -0.1) is 11.8 Å². The van der Waals surface area contributed by atoms with Crippen LogP contribution < -0.4 is 26.8 Å². The lowest BCUT2D eigenvalue weighted by molar-refractivity contribution is -0.253. The summed E-state index contributed by atoms with van der Waals surface area (Å²) in [6.45, 7) is 2.75. The van der Waals surface area contributed by atoms with Gasteiger partial charge in [-0.2, -0.15) is 13.2 Å². The average molecular weight is 421 g/mol. The molecular formula is C16H22F3N5O3S. The highest BCUT2D eigenvalue weighted by Gasteiger charge is 2.56. The molecule has 0 bridgehead atoms. The predicted molar refractivity (Wildman–Crippen MR) is 101 cm³/mol. The number of halogens is 3. The summed E-state index contributed by atoms with van der Waals surface area (Å²) in [6, 6.07) is 0. The first kappa shape index (κ1) is 20.6. The van der Waals surface area contributed by atoms with Crippen molar-refractivity contribution in [3.8, 4) is 0 Å². The number of hydrogen-bond donors (Lipinski definition) is 3. The molecular weight excluding hydrogens is 399 g/mol. The molecule has 0 aliphatic carbocycles.